The highest BCUT2D eigenvalue weighted by Crippen LogP contribution is 2.34. The summed E-state index contributed by atoms with van der Waals surface area (Å²) in [7, 11) is 3.99. The molecule has 6 nitrogen and oxygen atoms in total. The van der Waals surface area contributed by atoms with Crippen molar-refractivity contribution in [2.45, 2.75) is 6.92 Å². The second-order valence-electron chi connectivity index (χ2n) is 8.15. The van der Waals surface area contributed by atoms with Crippen LogP contribution in [-0.2, 0) is 4.74 Å². The van der Waals surface area contributed by atoms with Crippen LogP contribution in [0.1, 0.15) is 33.2 Å². The standard InChI is InChI=1S/C27H21N3O3/c1-16-12-18(13-20(33-16)9-6-17-4-7-19(8-5-17)30(2)3)25-26(31)21-14-23-24(29-11-10-28-23)15-22(21)27(25)32/h4-15H,1-3H3/b9-6+. The number of anilines is 1. The van der Waals surface area contributed by atoms with Crippen LogP contribution in [0, 0.1) is 0 Å². The number of fused-ring (bicyclic) bond motifs is 2. The van der Waals surface area contributed by atoms with Crippen LogP contribution in [0.5, 0.6) is 0 Å². The predicted molar refractivity (Wildman–Crippen MR) is 128 cm³/mol. The highest BCUT2D eigenvalue weighted by molar-refractivity contribution is 6.40. The molecule has 6 heteroatoms. The maximum Gasteiger partial charge on any atom is 0.198 e. The van der Waals surface area contributed by atoms with E-state index < -0.39 is 0 Å². The Labute approximate surface area is 191 Å². The van der Waals surface area contributed by atoms with Crippen molar-refractivity contribution in [1.29, 1.82) is 0 Å². The maximum absolute atomic E-state index is 13.2. The SMILES string of the molecule is CC1=CC(=C2C(=O)c3cc4nccnc4cc3C2=O)C=C(/C=C/c2ccc(N(C)C)cc2)O1. The van der Waals surface area contributed by atoms with Gasteiger partial charge in [0.05, 0.1) is 16.6 Å². The average molecular weight is 435 g/mol. The largest absolute Gasteiger partial charge is 0.462 e. The second-order valence-corrected chi connectivity index (χ2v) is 8.15. The molecular weight excluding hydrogens is 414 g/mol. The summed E-state index contributed by atoms with van der Waals surface area (Å²) in [5, 5.41) is 0. The minimum absolute atomic E-state index is 0.143. The highest BCUT2D eigenvalue weighted by Gasteiger charge is 2.36. The van der Waals surface area contributed by atoms with E-state index in [9.17, 15) is 9.59 Å². The van der Waals surface area contributed by atoms with Crippen LogP contribution < -0.4 is 4.90 Å². The van der Waals surface area contributed by atoms with E-state index in [0.29, 0.717) is 39.3 Å². The van der Waals surface area contributed by atoms with Crippen LogP contribution in [0.4, 0.5) is 5.69 Å². The van der Waals surface area contributed by atoms with Gasteiger partial charge in [0.25, 0.3) is 0 Å². The topological polar surface area (TPSA) is 72.4 Å². The van der Waals surface area contributed by atoms with Gasteiger partial charge in [-0.25, -0.2) is 0 Å². The third-order valence-electron chi connectivity index (χ3n) is 5.63. The van der Waals surface area contributed by atoms with Crippen LogP contribution in [0.3, 0.4) is 0 Å². The molecule has 0 saturated heterocycles. The zero-order chi connectivity index (χ0) is 23.1. The van der Waals surface area contributed by atoms with Crippen molar-refractivity contribution in [3.05, 3.63) is 106 Å². The first-order valence-electron chi connectivity index (χ1n) is 10.5. The first-order chi connectivity index (χ1) is 15.9. The first kappa shape index (κ1) is 20.6. The van der Waals surface area contributed by atoms with Gasteiger partial charge in [-0.05, 0) is 60.6 Å². The molecule has 1 aliphatic heterocycles. The number of nitrogens with zero attached hydrogens (tertiary/aromatic N) is 3. The van der Waals surface area contributed by atoms with Crippen molar-refractivity contribution in [3.8, 4) is 0 Å². The molecule has 0 radical (unpaired) electrons. The molecule has 1 aliphatic carbocycles. The van der Waals surface area contributed by atoms with Gasteiger partial charge in [-0.2, -0.15) is 0 Å². The molecule has 0 bridgehead atoms. The van der Waals surface area contributed by atoms with Gasteiger partial charge >= 0.3 is 0 Å². The van der Waals surface area contributed by atoms with Crippen molar-refractivity contribution in [2.75, 3.05) is 19.0 Å². The number of rotatable bonds is 3. The lowest BCUT2D eigenvalue weighted by atomic mass is 10.0. The number of carbonyl (C=O) groups excluding carboxylic acids is 2. The number of allylic oxidation sites excluding steroid dienone is 6. The lowest BCUT2D eigenvalue weighted by Gasteiger charge is -2.14. The summed E-state index contributed by atoms with van der Waals surface area (Å²) in [5.41, 5.74) is 4.70. The summed E-state index contributed by atoms with van der Waals surface area (Å²) in [4.78, 5) is 36.9. The molecule has 2 heterocycles. The Balaban J connectivity index is 1.51. The average Bonchev–Trinajstić information content (AvgIpc) is 3.05. The molecule has 33 heavy (non-hydrogen) atoms. The van der Waals surface area contributed by atoms with Crippen molar-refractivity contribution >= 4 is 34.4 Å². The molecule has 0 spiro atoms. The zero-order valence-corrected chi connectivity index (χ0v) is 18.5. The summed E-state index contributed by atoms with van der Waals surface area (Å²) in [6.07, 6.45) is 10.3. The molecule has 162 valence electrons. The molecule has 0 N–H and O–H groups in total. The van der Waals surface area contributed by atoms with Gasteiger partial charge in [0, 0.05) is 43.3 Å². The molecular formula is C27H21N3O3. The van der Waals surface area contributed by atoms with Gasteiger partial charge in [-0.3, -0.25) is 19.6 Å². The van der Waals surface area contributed by atoms with Gasteiger partial charge in [-0.1, -0.05) is 18.2 Å². The fraction of sp³-hybridized carbons (Fsp3) is 0.111. The van der Waals surface area contributed by atoms with E-state index in [4.69, 9.17) is 4.74 Å². The molecule has 0 atom stereocenters. The van der Waals surface area contributed by atoms with Gasteiger partial charge in [0.2, 0.25) is 0 Å². The van der Waals surface area contributed by atoms with E-state index in [-0.39, 0.29) is 17.1 Å². The van der Waals surface area contributed by atoms with Gasteiger partial charge in [0.1, 0.15) is 11.5 Å². The van der Waals surface area contributed by atoms with Crippen LogP contribution >= 0.6 is 0 Å². The number of ether oxygens (including phenoxy) is 1. The van der Waals surface area contributed by atoms with E-state index >= 15 is 0 Å². The molecule has 0 saturated carbocycles. The fourth-order valence-electron chi connectivity index (χ4n) is 3.97. The third kappa shape index (κ3) is 3.76. The van der Waals surface area contributed by atoms with Crippen molar-refractivity contribution in [3.63, 3.8) is 0 Å². The summed E-state index contributed by atoms with van der Waals surface area (Å²) in [5.74, 6) is 0.552. The van der Waals surface area contributed by atoms with Crippen LogP contribution in [0.15, 0.2) is 89.7 Å². The number of hydrogen-bond donors (Lipinski definition) is 0. The van der Waals surface area contributed by atoms with Gasteiger partial charge in [0.15, 0.2) is 11.6 Å². The van der Waals surface area contributed by atoms with Crippen LogP contribution in [0.25, 0.3) is 17.1 Å². The number of ketones is 2. The molecule has 1 aromatic heterocycles. The third-order valence-corrected chi connectivity index (χ3v) is 5.63. The summed E-state index contributed by atoms with van der Waals surface area (Å²) in [6.45, 7) is 1.80. The van der Waals surface area contributed by atoms with Crippen molar-refractivity contribution in [1.82, 2.24) is 9.97 Å². The Hall–Kier alpha value is -4.32. The Kier molecular flexibility index (Phi) is 4.98. The summed E-state index contributed by atoms with van der Waals surface area (Å²) < 4.78 is 5.82. The Morgan fingerprint density at radius 3 is 2.03 bits per heavy atom. The van der Waals surface area contributed by atoms with Crippen molar-refractivity contribution in [2.24, 2.45) is 0 Å². The highest BCUT2D eigenvalue weighted by atomic mass is 16.5. The smallest absolute Gasteiger partial charge is 0.198 e. The minimum Gasteiger partial charge on any atom is -0.462 e. The number of carbonyl (C=O) groups is 2. The summed E-state index contributed by atoms with van der Waals surface area (Å²) >= 11 is 0. The monoisotopic (exact) mass is 435 g/mol. The number of Topliss-reactive ketones (excluding diaryl/α,β-unsaturated/α-hetero) is 2. The summed E-state index contributed by atoms with van der Waals surface area (Å²) in [6, 6.07) is 11.4. The molecule has 3 aromatic rings. The van der Waals surface area contributed by atoms with E-state index in [1.165, 1.54) is 0 Å². The van der Waals surface area contributed by atoms with Gasteiger partial charge < -0.3 is 9.64 Å². The Bertz CT molecular complexity index is 1380. The zero-order valence-electron chi connectivity index (χ0n) is 18.5. The van der Waals surface area contributed by atoms with Crippen LogP contribution in [0.2, 0.25) is 0 Å². The van der Waals surface area contributed by atoms with Crippen molar-refractivity contribution < 1.29 is 14.3 Å². The lowest BCUT2D eigenvalue weighted by Crippen LogP contribution is -2.07. The normalized spacial score (nSPS) is 15.6. The molecule has 2 aliphatic rings. The first-order valence-corrected chi connectivity index (χ1v) is 10.5. The molecule has 2 aromatic carbocycles. The lowest BCUT2D eigenvalue weighted by molar-refractivity contribution is 0.0988. The van der Waals surface area contributed by atoms with E-state index in [2.05, 4.69) is 9.97 Å². The second kappa shape index (κ2) is 7.98. The van der Waals surface area contributed by atoms with E-state index in [0.717, 1.165) is 11.3 Å². The van der Waals surface area contributed by atoms with E-state index in [1.54, 1.807) is 43.6 Å². The number of hydrogen-bond acceptors (Lipinski definition) is 6. The molecule has 0 unspecified atom stereocenters. The van der Waals surface area contributed by atoms with Crippen LogP contribution in [-0.4, -0.2) is 35.6 Å². The Morgan fingerprint density at radius 2 is 1.45 bits per heavy atom. The minimum atomic E-state index is -0.303. The van der Waals surface area contributed by atoms with Gasteiger partial charge in [-0.15, -0.1) is 0 Å². The fourth-order valence-corrected chi connectivity index (χ4v) is 3.97. The molecule has 0 amide bonds. The quantitative estimate of drug-likeness (QED) is 0.430. The molecule has 0 fully saturated rings. The predicted octanol–water partition coefficient (Wildman–Crippen LogP) is 4.90. The number of benzene rings is 2. The number of aromatic nitrogens is 2. The molecule has 5 rings (SSSR count). The maximum atomic E-state index is 13.2. The van der Waals surface area contributed by atoms with E-state index in [1.807, 2.05) is 55.4 Å². The Morgan fingerprint density at radius 1 is 0.848 bits per heavy atom.